The van der Waals surface area contributed by atoms with Gasteiger partial charge in [0.25, 0.3) is 0 Å². The molecule has 1 unspecified atom stereocenters. The standard InChI is InChI=1S/C20H15ClFNO3/c1-11-5-6-14(8-16(11)21)23-17-10-26-20(25)19(17)15(9-18(23)24)12-3-2-4-13(22)7-12/h2-8,15H,9-10H2,1H3. The summed E-state index contributed by atoms with van der Waals surface area (Å²) in [6.45, 7) is 1.88. The zero-order valence-electron chi connectivity index (χ0n) is 14.0. The highest BCUT2D eigenvalue weighted by Gasteiger charge is 2.43. The Morgan fingerprint density at radius 3 is 2.73 bits per heavy atom. The lowest BCUT2D eigenvalue weighted by atomic mass is 9.84. The van der Waals surface area contributed by atoms with E-state index in [-0.39, 0.29) is 18.9 Å². The molecule has 1 atom stereocenters. The van der Waals surface area contributed by atoms with Gasteiger partial charge in [0.05, 0.1) is 17.0 Å². The monoisotopic (exact) mass is 371 g/mol. The van der Waals surface area contributed by atoms with Gasteiger partial charge in [0.1, 0.15) is 12.4 Å². The number of halogens is 2. The molecule has 2 aromatic rings. The number of nitrogens with zero attached hydrogens (tertiary/aromatic N) is 1. The summed E-state index contributed by atoms with van der Waals surface area (Å²) in [6, 6.07) is 11.3. The van der Waals surface area contributed by atoms with Crippen LogP contribution in [0.15, 0.2) is 53.7 Å². The SMILES string of the molecule is Cc1ccc(N2C(=O)CC(c3cccc(F)c3)C3=C2COC3=O)cc1Cl. The predicted octanol–water partition coefficient (Wildman–Crippen LogP) is 4.12. The van der Waals surface area contributed by atoms with E-state index < -0.39 is 17.7 Å². The molecule has 0 saturated carbocycles. The fourth-order valence-electron chi connectivity index (χ4n) is 3.48. The van der Waals surface area contributed by atoms with Crippen molar-refractivity contribution in [2.75, 3.05) is 11.5 Å². The van der Waals surface area contributed by atoms with Gasteiger partial charge in [-0.15, -0.1) is 0 Å². The van der Waals surface area contributed by atoms with Crippen molar-refractivity contribution >= 4 is 29.2 Å². The van der Waals surface area contributed by atoms with Crippen molar-refractivity contribution in [3.63, 3.8) is 0 Å². The van der Waals surface area contributed by atoms with E-state index in [2.05, 4.69) is 0 Å². The Labute approximate surface area is 154 Å². The minimum atomic E-state index is -0.514. The number of hydrogen-bond acceptors (Lipinski definition) is 3. The van der Waals surface area contributed by atoms with Gasteiger partial charge < -0.3 is 4.74 Å². The molecule has 0 N–H and O–H groups in total. The van der Waals surface area contributed by atoms with Crippen LogP contribution in [0.4, 0.5) is 10.1 Å². The van der Waals surface area contributed by atoms with Crippen LogP contribution in [-0.4, -0.2) is 18.5 Å². The summed E-state index contributed by atoms with van der Waals surface area (Å²) in [5, 5.41) is 0.537. The van der Waals surface area contributed by atoms with Gasteiger partial charge in [0.15, 0.2) is 0 Å². The average molecular weight is 372 g/mol. The van der Waals surface area contributed by atoms with E-state index in [0.717, 1.165) is 5.56 Å². The lowest BCUT2D eigenvalue weighted by molar-refractivity contribution is -0.136. The molecular formula is C20H15ClFNO3. The van der Waals surface area contributed by atoms with E-state index in [9.17, 15) is 14.0 Å². The molecule has 0 fully saturated rings. The second-order valence-corrected chi connectivity index (χ2v) is 6.82. The molecule has 0 aromatic heterocycles. The van der Waals surface area contributed by atoms with Crippen LogP contribution in [0.5, 0.6) is 0 Å². The molecule has 4 rings (SSSR count). The quantitative estimate of drug-likeness (QED) is 0.746. The van der Waals surface area contributed by atoms with Crippen LogP contribution in [-0.2, 0) is 14.3 Å². The Bertz CT molecular complexity index is 969. The van der Waals surface area contributed by atoms with Gasteiger partial charge in [-0.1, -0.05) is 29.8 Å². The summed E-state index contributed by atoms with van der Waals surface area (Å²) in [4.78, 5) is 26.7. The molecule has 2 aliphatic heterocycles. The Morgan fingerprint density at radius 1 is 1.19 bits per heavy atom. The molecule has 26 heavy (non-hydrogen) atoms. The maximum Gasteiger partial charge on any atom is 0.336 e. The van der Waals surface area contributed by atoms with Crippen molar-refractivity contribution < 1.29 is 18.7 Å². The Kier molecular flexibility index (Phi) is 4.04. The topological polar surface area (TPSA) is 46.6 Å². The van der Waals surface area contributed by atoms with Crippen LogP contribution in [0, 0.1) is 12.7 Å². The third-order valence-corrected chi connectivity index (χ3v) is 5.19. The van der Waals surface area contributed by atoms with Crippen LogP contribution in [0.2, 0.25) is 5.02 Å². The first-order valence-electron chi connectivity index (χ1n) is 8.20. The van der Waals surface area contributed by atoms with E-state index in [1.165, 1.54) is 17.0 Å². The Morgan fingerprint density at radius 2 is 2.00 bits per heavy atom. The lowest BCUT2D eigenvalue weighted by Gasteiger charge is -2.32. The number of esters is 1. The summed E-state index contributed by atoms with van der Waals surface area (Å²) >= 11 is 6.20. The molecule has 6 heteroatoms. The summed E-state index contributed by atoms with van der Waals surface area (Å²) in [7, 11) is 0. The fourth-order valence-corrected chi connectivity index (χ4v) is 3.66. The van der Waals surface area contributed by atoms with Gasteiger partial charge in [-0.25, -0.2) is 9.18 Å². The number of amides is 1. The zero-order chi connectivity index (χ0) is 18.4. The van der Waals surface area contributed by atoms with Crippen molar-refractivity contribution in [3.8, 4) is 0 Å². The van der Waals surface area contributed by atoms with Crippen molar-refractivity contribution in [1.82, 2.24) is 0 Å². The number of hydrogen-bond donors (Lipinski definition) is 0. The fraction of sp³-hybridized carbons (Fsp3) is 0.200. The largest absolute Gasteiger partial charge is 0.456 e. The average Bonchev–Trinajstić information content (AvgIpc) is 2.98. The number of rotatable bonds is 2. The summed E-state index contributed by atoms with van der Waals surface area (Å²) in [5.74, 6) is -1.57. The molecule has 0 saturated heterocycles. The van der Waals surface area contributed by atoms with Gasteiger partial charge in [-0.05, 0) is 42.3 Å². The second-order valence-electron chi connectivity index (χ2n) is 6.41. The Hall–Kier alpha value is -2.66. The minimum Gasteiger partial charge on any atom is -0.456 e. The molecule has 4 nitrogen and oxygen atoms in total. The first-order chi connectivity index (χ1) is 12.5. The van der Waals surface area contributed by atoms with Crippen molar-refractivity contribution in [3.05, 3.63) is 75.7 Å². The normalized spacial score (nSPS) is 19.7. The number of benzene rings is 2. The third-order valence-electron chi connectivity index (χ3n) is 4.78. The second kappa shape index (κ2) is 6.25. The number of aryl methyl sites for hydroxylation is 1. The van der Waals surface area contributed by atoms with Crippen LogP contribution in [0.25, 0.3) is 0 Å². The molecule has 1 amide bonds. The summed E-state index contributed by atoms with van der Waals surface area (Å²) in [6.07, 6.45) is 0.0584. The minimum absolute atomic E-state index is 0.0111. The molecule has 2 aromatic carbocycles. The first-order valence-corrected chi connectivity index (χ1v) is 8.58. The molecule has 0 aliphatic carbocycles. The van der Waals surface area contributed by atoms with Crippen molar-refractivity contribution in [1.29, 1.82) is 0 Å². The lowest BCUT2D eigenvalue weighted by Crippen LogP contribution is -2.37. The van der Waals surface area contributed by atoms with Crippen molar-refractivity contribution in [2.45, 2.75) is 19.3 Å². The zero-order valence-corrected chi connectivity index (χ0v) is 14.7. The number of carbonyl (C=O) groups is 2. The van der Waals surface area contributed by atoms with Gasteiger partial charge in [0.2, 0.25) is 5.91 Å². The molecular weight excluding hydrogens is 357 g/mol. The van der Waals surface area contributed by atoms with E-state index in [1.54, 1.807) is 24.3 Å². The molecule has 132 valence electrons. The number of anilines is 1. The van der Waals surface area contributed by atoms with Crippen LogP contribution < -0.4 is 4.90 Å². The Balaban J connectivity index is 1.84. The molecule has 0 bridgehead atoms. The maximum atomic E-state index is 13.6. The number of carbonyl (C=O) groups excluding carboxylic acids is 2. The number of ether oxygens (including phenoxy) is 1. The molecule has 0 radical (unpaired) electrons. The summed E-state index contributed by atoms with van der Waals surface area (Å²) < 4.78 is 18.8. The van der Waals surface area contributed by atoms with Gasteiger partial charge in [-0.2, -0.15) is 0 Å². The highest BCUT2D eigenvalue weighted by Crippen LogP contribution is 2.42. The van der Waals surface area contributed by atoms with Gasteiger partial charge in [-0.3, -0.25) is 9.69 Å². The number of cyclic esters (lactones) is 1. The molecule has 0 spiro atoms. The first kappa shape index (κ1) is 16.8. The third kappa shape index (κ3) is 2.69. The van der Waals surface area contributed by atoms with E-state index in [4.69, 9.17) is 16.3 Å². The van der Waals surface area contributed by atoms with Crippen molar-refractivity contribution in [2.24, 2.45) is 0 Å². The predicted molar refractivity (Wildman–Crippen MR) is 95.4 cm³/mol. The van der Waals surface area contributed by atoms with E-state index in [1.807, 2.05) is 13.0 Å². The van der Waals surface area contributed by atoms with Gasteiger partial charge in [0, 0.05) is 17.4 Å². The van der Waals surface area contributed by atoms with Crippen LogP contribution >= 0.6 is 11.6 Å². The molecule has 2 heterocycles. The van der Waals surface area contributed by atoms with Gasteiger partial charge >= 0.3 is 5.97 Å². The summed E-state index contributed by atoms with van der Waals surface area (Å²) in [5.41, 5.74) is 2.98. The van der Waals surface area contributed by atoms with E-state index >= 15 is 0 Å². The molecule has 2 aliphatic rings. The smallest absolute Gasteiger partial charge is 0.336 e. The van der Waals surface area contributed by atoms with Crippen LogP contribution in [0.1, 0.15) is 23.5 Å². The van der Waals surface area contributed by atoms with Crippen LogP contribution in [0.3, 0.4) is 0 Å². The highest BCUT2D eigenvalue weighted by atomic mass is 35.5. The van der Waals surface area contributed by atoms with E-state index in [0.29, 0.717) is 27.5 Å². The maximum absolute atomic E-state index is 13.6. The highest BCUT2D eigenvalue weighted by molar-refractivity contribution is 6.31.